The highest BCUT2D eigenvalue weighted by atomic mass is 35.5. The van der Waals surface area contributed by atoms with Crippen molar-refractivity contribution in [3.8, 4) is 5.75 Å². The minimum atomic E-state index is 0.325. The second-order valence-electron chi connectivity index (χ2n) is 4.40. The maximum absolute atomic E-state index is 5.85. The third kappa shape index (κ3) is 3.00. The van der Waals surface area contributed by atoms with Crippen LogP contribution < -0.4 is 10.1 Å². The highest BCUT2D eigenvalue weighted by Crippen LogP contribution is 2.35. The molecule has 0 bridgehead atoms. The van der Waals surface area contributed by atoms with Crippen molar-refractivity contribution in [2.24, 2.45) is 0 Å². The lowest BCUT2D eigenvalue weighted by molar-refractivity contribution is 0.350. The Balaban J connectivity index is 2.21. The zero-order chi connectivity index (χ0) is 13.0. The van der Waals surface area contributed by atoms with Crippen LogP contribution in [0.25, 0.3) is 0 Å². The van der Waals surface area contributed by atoms with Gasteiger partial charge in [0.05, 0.1) is 5.03 Å². The highest BCUT2D eigenvalue weighted by Gasteiger charge is 2.21. The minimum Gasteiger partial charge on any atom is -0.488 e. The van der Waals surface area contributed by atoms with E-state index in [1.165, 1.54) is 29.5 Å². The molecule has 1 aromatic rings. The fourth-order valence-corrected chi connectivity index (χ4v) is 2.55. The lowest BCUT2D eigenvalue weighted by Crippen LogP contribution is -2.22. The SMILES string of the molecule is CNC1CCCc2c(OCC(Cl)=CCl)cccc21. The standard InChI is InChI=1S/C14H17Cl2NO/c1-17-13-6-2-5-12-11(13)4-3-7-14(12)18-9-10(16)8-15/h3-4,7-8,13,17H,2,5-6,9H2,1H3. The Kier molecular flexibility index (Phi) is 4.93. The maximum Gasteiger partial charge on any atom is 0.125 e. The summed E-state index contributed by atoms with van der Waals surface area (Å²) in [7, 11) is 2.00. The van der Waals surface area contributed by atoms with Gasteiger partial charge in [-0.3, -0.25) is 0 Å². The van der Waals surface area contributed by atoms with E-state index in [1.807, 2.05) is 19.2 Å². The van der Waals surface area contributed by atoms with Crippen molar-refractivity contribution in [1.29, 1.82) is 0 Å². The zero-order valence-electron chi connectivity index (χ0n) is 10.4. The third-order valence-electron chi connectivity index (χ3n) is 3.30. The molecule has 0 aromatic heterocycles. The van der Waals surface area contributed by atoms with Crippen LogP contribution >= 0.6 is 23.2 Å². The van der Waals surface area contributed by atoms with Gasteiger partial charge in [0.15, 0.2) is 0 Å². The van der Waals surface area contributed by atoms with Crippen LogP contribution in [0.3, 0.4) is 0 Å². The molecular weight excluding hydrogens is 269 g/mol. The van der Waals surface area contributed by atoms with E-state index in [9.17, 15) is 0 Å². The van der Waals surface area contributed by atoms with Gasteiger partial charge in [0.2, 0.25) is 0 Å². The molecule has 2 nitrogen and oxygen atoms in total. The molecule has 0 aliphatic heterocycles. The molecule has 2 rings (SSSR count). The van der Waals surface area contributed by atoms with Gasteiger partial charge in [-0.15, -0.1) is 0 Å². The van der Waals surface area contributed by atoms with Crippen molar-refractivity contribution < 1.29 is 4.74 Å². The summed E-state index contributed by atoms with van der Waals surface area (Å²) in [6.07, 6.45) is 3.42. The molecule has 0 amide bonds. The number of hydrogen-bond donors (Lipinski definition) is 1. The largest absolute Gasteiger partial charge is 0.488 e. The molecule has 0 spiro atoms. The van der Waals surface area contributed by atoms with Gasteiger partial charge >= 0.3 is 0 Å². The molecule has 18 heavy (non-hydrogen) atoms. The van der Waals surface area contributed by atoms with Crippen LogP contribution in [0.15, 0.2) is 28.8 Å². The summed E-state index contributed by atoms with van der Waals surface area (Å²) in [5.41, 5.74) is 3.97. The summed E-state index contributed by atoms with van der Waals surface area (Å²) in [6.45, 7) is 0.325. The van der Waals surface area contributed by atoms with Gasteiger partial charge in [-0.05, 0) is 43.5 Å². The number of fused-ring (bicyclic) bond motifs is 1. The van der Waals surface area contributed by atoms with Crippen molar-refractivity contribution in [1.82, 2.24) is 5.32 Å². The predicted molar refractivity (Wildman–Crippen MR) is 76.5 cm³/mol. The first-order valence-electron chi connectivity index (χ1n) is 6.13. The van der Waals surface area contributed by atoms with Crippen LogP contribution in [-0.4, -0.2) is 13.7 Å². The summed E-state index contributed by atoms with van der Waals surface area (Å²) in [4.78, 5) is 0. The van der Waals surface area contributed by atoms with Crippen LogP contribution in [0.2, 0.25) is 0 Å². The maximum atomic E-state index is 5.85. The molecule has 1 N–H and O–H groups in total. The summed E-state index contributed by atoms with van der Waals surface area (Å²) < 4.78 is 5.74. The van der Waals surface area contributed by atoms with Crippen molar-refractivity contribution in [3.63, 3.8) is 0 Å². The predicted octanol–water partition coefficient (Wildman–Crippen LogP) is 3.98. The van der Waals surface area contributed by atoms with Gasteiger partial charge in [0, 0.05) is 11.6 Å². The quantitative estimate of drug-likeness (QED) is 0.904. The molecule has 1 unspecified atom stereocenters. The highest BCUT2D eigenvalue weighted by molar-refractivity contribution is 6.36. The number of hydrogen-bond acceptors (Lipinski definition) is 2. The van der Waals surface area contributed by atoms with Crippen LogP contribution in [0, 0.1) is 0 Å². The van der Waals surface area contributed by atoms with Gasteiger partial charge in [-0.25, -0.2) is 0 Å². The smallest absolute Gasteiger partial charge is 0.125 e. The molecule has 0 fully saturated rings. The third-order valence-corrected chi connectivity index (χ3v) is 3.89. The summed E-state index contributed by atoms with van der Waals surface area (Å²) >= 11 is 11.4. The molecule has 98 valence electrons. The topological polar surface area (TPSA) is 21.3 Å². The van der Waals surface area contributed by atoms with E-state index in [4.69, 9.17) is 27.9 Å². The van der Waals surface area contributed by atoms with Crippen molar-refractivity contribution in [2.45, 2.75) is 25.3 Å². The fraction of sp³-hybridized carbons (Fsp3) is 0.429. The Morgan fingerprint density at radius 1 is 1.56 bits per heavy atom. The van der Waals surface area contributed by atoms with E-state index in [2.05, 4.69) is 11.4 Å². The average molecular weight is 286 g/mol. The summed E-state index contributed by atoms with van der Waals surface area (Å²) in [5.74, 6) is 0.920. The summed E-state index contributed by atoms with van der Waals surface area (Å²) in [5, 5.41) is 3.86. The zero-order valence-corrected chi connectivity index (χ0v) is 11.9. The Bertz CT molecular complexity index is 445. The van der Waals surface area contributed by atoms with Gasteiger partial charge in [0.1, 0.15) is 12.4 Å². The molecule has 0 radical (unpaired) electrons. The van der Waals surface area contributed by atoms with Crippen LogP contribution in [0.4, 0.5) is 0 Å². The van der Waals surface area contributed by atoms with E-state index >= 15 is 0 Å². The Labute approximate surface area is 118 Å². The monoisotopic (exact) mass is 285 g/mol. The number of halogens is 2. The van der Waals surface area contributed by atoms with Gasteiger partial charge < -0.3 is 10.1 Å². The fourth-order valence-electron chi connectivity index (χ4n) is 2.43. The Hall–Kier alpha value is -0.700. The van der Waals surface area contributed by atoms with E-state index in [0.717, 1.165) is 12.2 Å². The summed E-state index contributed by atoms with van der Waals surface area (Å²) in [6, 6.07) is 6.62. The molecule has 4 heteroatoms. The Morgan fingerprint density at radius 3 is 3.11 bits per heavy atom. The minimum absolute atomic E-state index is 0.325. The van der Waals surface area contributed by atoms with Gasteiger partial charge in [0.25, 0.3) is 0 Å². The van der Waals surface area contributed by atoms with Crippen LogP contribution in [0.5, 0.6) is 5.75 Å². The molecular formula is C14H17Cl2NO. The average Bonchev–Trinajstić information content (AvgIpc) is 2.43. The second kappa shape index (κ2) is 6.46. The normalized spacial score (nSPS) is 19.5. The van der Waals surface area contributed by atoms with Crippen LogP contribution in [-0.2, 0) is 6.42 Å². The van der Waals surface area contributed by atoms with Crippen molar-refractivity contribution >= 4 is 23.2 Å². The van der Waals surface area contributed by atoms with Gasteiger partial charge in [-0.2, -0.15) is 0 Å². The van der Waals surface area contributed by atoms with E-state index in [1.54, 1.807) is 0 Å². The molecule has 1 aliphatic carbocycles. The van der Waals surface area contributed by atoms with E-state index in [0.29, 0.717) is 17.7 Å². The number of rotatable bonds is 4. The lowest BCUT2D eigenvalue weighted by atomic mass is 9.87. The Morgan fingerprint density at radius 2 is 2.39 bits per heavy atom. The number of nitrogens with one attached hydrogen (secondary N) is 1. The van der Waals surface area contributed by atoms with E-state index < -0.39 is 0 Å². The first-order valence-corrected chi connectivity index (χ1v) is 6.94. The number of ether oxygens (including phenoxy) is 1. The second-order valence-corrected chi connectivity index (χ2v) is 5.11. The van der Waals surface area contributed by atoms with Gasteiger partial charge in [-0.1, -0.05) is 35.3 Å². The number of benzene rings is 1. The van der Waals surface area contributed by atoms with Crippen molar-refractivity contribution in [3.05, 3.63) is 39.9 Å². The molecule has 0 saturated heterocycles. The van der Waals surface area contributed by atoms with E-state index in [-0.39, 0.29) is 0 Å². The first kappa shape index (κ1) is 13.7. The molecule has 1 atom stereocenters. The van der Waals surface area contributed by atoms with Crippen LogP contribution in [0.1, 0.15) is 30.0 Å². The lowest BCUT2D eigenvalue weighted by Gasteiger charge is -2.26. The molecule has 1 aliphatic rings. The molecule has 1 aromatic carbocycles. The first-order chi connectivity index (χ1) is 8.76. The molecule has 0 heterocycles. The van der Waals surface area contributed by atoms with Crippen molar-refractivity contribution in [2.75, 3.05) is 13.7 Å². The molecule has 0 saturated carbocycles.